The van der Waals surface area contributed by atoms with Gasteiger partial charge in [0.25, 0.3) is 0 Å². The van der Waals surface area contributed by atoms with E-state index in [1.165, 1.54) is 42.2 Å². The third-order valence-electron chi connectivity index (χ3n) is 4.16. The van der Waals surface area contributed by atoms with Gasteiger partial charge >= 0.3 is 0 Å². The molecule has 0 saturated heterocycles. The molecule has 0 unspecified atom stereocenters. The molecule has 22 heavy (non-hydrogen) atoms. The molecule has 1 aromatic heterocycles. The van der Waals surface area contributed by atoms with Crippen LogP contribution in [-0.4, -0.2) is 4.57 Å². The van der Waals surface area contributed by atoms with Crippen molar-refractivity contribution in [1.29, 1.82) is 0 Å². The number of hydrogen-bond acceptors (Lipinski definition) is 0. The van der Waals surface area contributed by atoms with Gasteiger partial charge in [0.1, 0.15) is 0 Å². The monoisotopic (exact) mass is 397 g/mol. The summed E-state index contributed by atoms with van der Waals surface area (Å²) in [5.41, 5.74) is 6.36. The van der Waals surface area contributed by atoms with Gasteiger partial charge in [0.15, 0.2) is 0 Å². The Bertz CT molecular complexity index is 935. The molecule has 108 valence electrons. The summed E-state index contributed by atoms with van der Waals surface area (Å²) in [5, 5.41) is 2.66. The predicted octanol–water partition coefficient (Wildman–Crippen LogP) is 6.01. The van der Waals surface area contributed by atoms with Crippen LogP contribution in [0.25, 0.3) is 27.5 Å². The topological polar surface area (TPSA) is 4.93 Å². The van der Waals surface area contributed by atoms with E-state index in [1.807, 2.05) is 0 Å². The van der Waals surface area contributed by atoms with Gasteiger partial charge in [-0.15, -0.1) is 0 Å². The second kappa shape index (κ2) is 5.13. The van der Waals surface area contributed by atoms with Crippen molar-refractivity contribution < 1.29 is 0 Å². The maximum absolute atomic E-state index is 2.36. The van der Waals surface area contributed by atoms with Crippen LogP contribution >= 0.6 is 22.6 Å². The molecule has 0 aliphatic heterocycles. The number of aryl methyl sites for hydroxylation is 2. The van der Waals surface area contributed by atoms with Gasteiger partial charge in [-0.25, -0.2) is 0 Å². The predicted molar refractivity (Wildman–Crippen MR) is 103 cm³/mol. The summed E-state index contributed by atoms with van der Waals surface area (Å²) in [4.78, 5) is 0. The summed E-state index contributed by atoms with van der Waals surface area (Å²) in [7, 11) is 0. The number of halogens is 1. The molecule has 1 heterocycles. The van der Waals surface area contributed by atoms with Crippen molar-refractivity contribution in [3.8, 4) is 5.69 Å². The van der Waals surface area contributed by atoms with Gasteiger partial charge in [-0.2, -0.15) is 0 Å². The maximum atomic E-state index is 2.36. The van der Waals surface area contributed by atoms with Gasteiger partial charge in [0, 0.05) is 20.0 Å². The van der Waals surface area contributed by atoms with Gasteiger partial charge in [-0.3, -0.25) is 0 Å². The minimum absolute atomic E-state index is 1.22. The summed E-state index contributed by atoms with van der Waals surface area (Å²) in [6.07, 6.45) is 0. The van der Waals surface area contributed by atoms with Crippen molar-refractivity contribution in [3.05, 3.63) is 75.4 Å². The van der Waals surface area contributed by atoms with E-state index in [1.54, 1.807) is 0 Å². The lowest BCUT2D eigenvalue weighted by molar-refractivity contribution is 1.18. The zero-order valence-corrected chi connectivity index (χ0v) is 14.8. The minimum atomic E-state index is 1.22. The molecule has 4 rings (SSSR count). The van der Waals surface area contributed by atoms with Crippen molar-refractivity contribution in [3.63, 3.8) is 0 Å². The van der Waals surface area contributed by atoms with E-state index in [0.717, 1.165) is 0 Å². The zero-order chi connectivity index (χ0) is 15.3. The maximum Gasteiger partial charge on any atom is 0.0541 e. The summed E-state index contributed by atoms with van der Waals surface area (Å²) < 4.78 is 3.62. The molecule has 1 nitrogen and oxygen atoms in total. The van der Waals surface area contributed by atoms with Crippen molar-refractivity contribution in [2.75, 3.05) is 0 Å². The zero-order valence-electron chi connectivity index (χ0n) is 12.6. The fourth-order valence-electron chi connectivity index (χ4n) is 3.12. The van der Waals surface area contributed by atoms with Crippen LogP contribution in [0.4, 0.5) is 0 Å². The number of fused-ring (bicyclic) bond motifs is 3. The molecule has 0 amide bonds. The summed E-state index contributed by atoms with van der Waals surface area (Å²) >= 11 is 2.35. The molecule has 0 saturated carbocycles. The van der Waals surface area contributed by atoms with E-state index < -0.39 is 0 Å². The molecule has 3 aromatic carbocycles. The average molecular weight is 397 g/mol. The van der Waals surface area contributed by atoms with Gasteiger partial charge in [-0.1, -0.05) is 23.3 Å². The standard InChI is InChI=1S/C20H16IN/c1-13-3-9-19-17(11-13)18-12-14(2)4-10-20(18)22(19)16-7-5-15(21)6-8-16/h3-12H,1-2H3. The molecule has 0 N–H and O–H groups in total. The van der Waals surface area contributed by atoms with Crippen molar-refractivity contribution >= 4 is 44.4 Å². The Morgan fingerprint density at radius 3 is 1.68 bits per heavy atom. The second-order valence-corrected chi connectivity index (χ2v) is 7.10. The molecule has 4 aromatic rings. The van der Waals surface area contributed by atoms with E-state index in [0.29, 0.717) is 0 Å². The molecule has 2 heteroatoms. The lowest BCUT2D eigenvalue weighted by Crippen LogP contribution is -1.93. The third-order valence-corrected chi connectivity index (χ3v) is 4.88. The second-order valence-electron chi connectivity index (χ2n) is 5.85. The quantitative estimate of drug-likeness (QED) is 0.347. The van der Waals surface area contributed by atoms with Crippen LogP contribution in [-0.2, 0) is 0 Å². The number of benzene rings is 3. The van der Waals surface area contributed by atoms with Gasteiger partial charge < -0.3 is 4.57 Å². The number of aromatic nitrogens is 1. The van der Waals surface area contributed by atoms with Crippen LogP contribution in [0, 0.1) is 17.4 Å². The average Bonchev–Trinajstić information content (AvgIpc) is 2.81. The van der Waals surface area contributed by atoms with E-state index in [2.05, 4.69) is 102 Å². The molecule has 0 bridgehead atoms. The van der Waals surface area contributed by atoms with E-state index in [4.69, 9.17) is 0 Å². The molecule has 0 aliphatic carbocycles. The largest absolute Gasteiger partial charge is 0.309 e. The molecule has 0 atom stereocenters. The fraction of sp³-hybridized carbons (Fsp3) is 0.100. The molecular weight excluding hydrogens is 381 g/mol. The Kier molecular flexibility index (Phi) is 3.22. The van der Waals surface area contributed by atoms with Gasteiger partial charge in [-0.05, 0) is 85.0 Å². The highest BCUT2D eigenvalue weighted by molar-refractivity contribution is 14.1. The summed E-state index contributed by atoms with van der Waals surface area (Å²) in [6, 6.07) is 22.2. The Morgan fingerprint density at radius 1 is 0.682 bits per heavy atom. The van der Waals surface area contributed by atoms with Crippen molar-refractivity contribution in [1.82, 2.24) is 4.57 Å². The molecular formula is C20H16IN. The van der Waals surface area contributed by atoms with Gasteiger partial charge in [0.2, 0.25) is 0 Å². The Labute approximate surface area is 143 Å². The Hall–Kier alpha value is -1.81. The van der Waals surface area contributed by atoms with Gasteiger partial charge in [0.05, 0.1) is 11.0 Å². The normalized spacial score (nSPS) is 11.4. The molecule has 0 radical (unpaired) electrons. The summed E-state index contributed by atoms with van der Waals surface area (Å²) in [5.74, 6) is 0. The van der Waals surface area contributed by atoms with E-state index in [-0.39, 0.29) is 0 Å². The van der Waals surface area contributed by atoms with E-state index >= 15 is 0 Å². The first-order valence-electron chi connectivity index (χ1n) is 7.41. The van der Waals surface area contributed by atoms with E-state index in [9.17, 15) is 0 Å². The smallest absolute Gasteiger partial charge is 0.0541 e. The summed E-state index contributed by atoms with van der Waals surface area (Å²) in [6.45, 7) is 4.31. The number of rotatable bonds is 1. The molecule has 0 spiro atoms. The van der Waals surface area contributed by atoms with Crippen LogP contribution < -0.4 is 0 Å². The first-order chi connectivity index (χ1) is 10.6. The van der Waals surface area contributed by atoms with Crippen LogP contribution in [0.2, 0.25) is 0 Å². The molecule has 0 aliphatic rings. The number of nitrogens with zero attached hydrogens (tertiary/aromatic N) is 1. The third kappa shape index (κ3) is 2.13. The fourth-order valence-corrected chi connectivity index (χ4v) is 3.48. The highest BCUT2D eigenvalue weighted by Crippen LogP contribution is 2.33. The highest BCUT2D eigenvalue weighted by Gasteiger charge is 2.12. The Morgan fingerprint density at radius 2 is 1.18 bits per heavy atom. The van der Waals surface area contributed by atoms with Crippen LogP contribution in [0.5, 0.6) is 0 Å². The highest BCUT2D eigenvalue weighted by atomic mass is 127. The van der Waals surface area contributed by atoms with Crippen LogP contribution in [0.1, 0.15) is 11.1 Å². The van der Waals surface area contributed by atoms with Crippen molar-refractivity contribution in [2.24, 2.45) is 0 Å². The first kappa shape index (κ1) is 13.8. The Balaban J connectivity index is 2.17. The van der Waals surface area contributed by atoms with Crippen LogP contribution in [0.3, 0.4) is 0 Å². The SMILES string of the molecule is Cc1ccc2c(c1)c1cc(C)ccc1n2-c1ccc(I)cc1. The number of hydrogen-bond donors (Lipinski definition) is 0. The molecule has 0 fully saturated rings. The van der Waals surface area contributed by atoms with Crippen LogP contribution in [0.15, 0.2) is 60.7 Å². The lowest BCUT2D eigenvalue weighted by atomic mass is 10.1. The van der Waals surface area contributed by atoms with Crippen molar-refractivity contribution in [2.45, 2.75) is 13.8 Å². The lowest BCUT2D eigenvalue weighted by Gasteiger charge is -2.08. The first-order valence-corrected chi connectivity index (χ1v) is 8.49. The minimum Gasteiger partial charge on any atom is -0.309 e.